The van der Waals surface area contributed by atoms with Gasteiger partial charge in [0.25, 0.3) is 0 Å². The maximum absolute atomic E-state index is 12.7. The van der Waals surface area contributed by atoms with Gasteiger partial charge in [0.05, 0.1) is 10.8 Å². The number of fused-ring (bicyclic) bond motifs is 1. The Labute approximate surface area is 116 Å². The molecule has 1 aromatic rings. The van der Waals surface area contributed by atoms with E-state index in [0.717, 1.165) is 24.2 Å². The number of amides is 1. The molecule has 3 rings (SSSR count). The van der Waals surface area contributed by atoms with Crippen molar-refractivity contribution in [1.29, 1.82) is 0 Å². The molecule has 1 saturated carbocycles. The van der Waals surface area contributed by atoms with Crippen LogP contribution in [0.4, 0.5) is 0 Å². The molecule has 2 aliphatic rings. The number of hydrogen-bond donors (Lipinski definition) is 0. The summed E-state index contributed by atoms with van der Waals surface area (Å²) in [5.74, 6) is 0.339. The molecule has 4 atom stereocenters. The van der Waals surface area contributed by atoms with E-state index in [9.17, 15) is 9.00 Å². The molecule has 1 aliphatic carbocycles. The maximum atomic E-state index is 12.7. The van der Waals surface area contributed by atoms with Crippen LogP contribution in [0.5, 0.6) is 0 Å². The summed E-state index contributed by atoms with van der Waals surface area (Å²) >= 11 is 0. The molecular formula is C15H19NO2S. The lowest BCUT2D eigenvalue weighted by Crippen LogP contribution is -2.33. The highest BCUT2D eigenvalue weighted by Gasteiger charge is 2.49. The van der Waals surface area contributed by atoms with Gasteiger partial charge < -0.3 is 4.90 Å². The van der Waals surface area contributed by atoms with Crippen molar-refractivity contribution >= 4 is 16.7 Å². The molecule has 3 nitrogen and oxygen atoms in total. The summed E-state index contributed by atoms with van der Waals surface area (Å²) < 4.78 is 12.7. The first-order valence-corrected chi connectivity index (χ1v) is 8.14. The van der Waals surface area contributed by atoms with Crippen molar-refractivity contribution in [3.8, 4) is 0 Å². The second kappa shape index (κ2) is 5.08. The lowest BCUT2D eigenvalue weighted by atomic mass is 9.85. The highest BCUT2D eigenvalue weighted by Crippen LogP contribution is 2.39. The first-order valence-electron chi connectivity index (χ1n) is 6.92. The first-order chi connectivity index (χ1) is 9.20. The Bertz CT molecular complexity index is 502. The Morgan fingerprint density at radius 1 is 1.16 bits per heavy atom. The van der Waals surface area contributed by atoms with Gasteiger partial charge in [-0.2, -0.15) is 0 Å². The SMILES string of the molecule is CN1C(=O)[C@@H](S(=O)c2ccccc2)[C@@H]2CCCC[C@@H]21. The first kappa shape index (κ1) is 12.9. The summed E-state index contributed by atoms with van der Waals surface area (Å²) in [5.41, 5.74) is 0. The Balaban J connectivity index is 1.91. The fourth-order valence-corrected chi connectivity index (χ4v) is 5.18. The number of rotatable bonds is 2. The maximum Gasteiger partial charge on any atom is 0.239 e. The summed E-state index contributed by atoms with van der Waals surface area (Å²) in [6.45, 7) is 0. The fourth-order valence-electron chi connectivity index (χ4n) is 3.47. The van der Waals surface area contributed by atoms with Gasteiger partial charge in [0, 0.05) is 23.9 Å². The van der Waals surface area contributed by atoms with Gasteiger partial charge in [-0.3, -0.25) is 9.00 Å². The zero-order chi connectivity index (χ0) is 13.4. The monoisotopic (exact) mass is 277 g/mol. The van der Waals surface area contributed by atoms with Crippen LogP contribution in [0.1, 0.15) is 25.7 Å². The van der Waals surface area contributed by atoms with Gasteiger partial charge in [-0.15, -0.1) is 0 Å². The summed E-state index contributed by atoms with van der Waals surface area (Å²) in [4.78, 5) is 15.0. The van der Waals surface area contributed by atoms with E-state index in [0.29, 0.717) is 6.04 Å². The van der Waals surface area contributed by atoms with E-state index < -0.39 is 10.8 Å². The van der Waals surface area contributed by atoms with Gasteiger partial charge in [0.15, 0.2) is 0 Å². The molecule has 1 heterocycles. The molecule has 0 spiro atoms. The highest BCUT2D eigenvalue weighted by molar-refractivity contribution is 7.86. The van der Waals surface area contributed by atoms with Gasteiger partial charge in [-0.05, 0) is 25.0 Å². The summed E-state index contributed by atoms with van der Waals surface area (Å²) in [5, 5.41) is -0.335. The number of hydrogen-bond acceptors (Lipinski definition) is 2. The van der Waals surface area contributed by atoms with E-state index >= 15 is 0 Å². The summed E-state index contributed by atoms with van der Waals surface area (Å²) in [6, 6.07) is 9.70. The van der Waals surface area contributed by atoms with E-state index in [2.05, 4.69) is 0 Å². The smallest absolute Gasteiger partial charge is 0.239 e. The Morgan fingerprint density at radius 2 is 1.84 bits per heavy atom. The van der Waals surface area contributed by atoms with Crippen molar-refractivity contribution in [3.05, 3.63) is 30.3 Å². The lowest BCUT2D eigenvalue weighted by Gasteiger charge is -2.29. The van der Waals surface area contributed by atoms with E-state index in [4.69, 9.17) is 0 Å². The molecule has 102 valence electrons. The number of likely N-dealkylation sites (tertiary alicyclic amines) is 1. The second-order valence-corrected chi connectivity index (χ2v) is 7.07. The lowest BCUT2D eigenvalue weighted by molar-refractivity contribution is -0.127. The van der Waals surface area contributed by atoms with Gasteiger partial charge in [-0.1, -0.05) is 31.0 Å². The van der Waals surface area contributed by atoms with Gasteiger partial charge >= 0.3 is 0 Å². The van der Waals surface area contributed by atoms with E-state index in [1.807, 2.05) is 42.3 Å². The Kier molecular flexibility index (Phi) is 3.44. The standard InChI is InChI=1S/C15H19NO2S/c1-16-13-10-6-5-9-12(13)14(15(16)17)19(18)11-7-3-2-4-8-11/h2-4,7-8,12-14H,5-6,9-10H2,1H3/t12-,13+,14+,19?/m1/s1. The molecule has 19 heavy (non-hydrogen) atoms. The van der Waals surface area contributed by atoms with E-state index in [1.165, 1.54) is 6.42 Å². The minimum absolute atomic E-state index is 0.0686. The minimum Gasteiger partial charge on any atom is -0.341 e. The van der Waals surface area contributed by atoms with E-state index in [1.54, 1.807) is 0 Å². The molecule has 2 fully saturated rings. The second-order valence-electron chi connectivity index (χ2n) is 5.50. The van der Waals surface area contributed by atoms with Crippen molar-refractivity contribution < 1.29 is 9.00 Å². The van der Waals surface area contributed by atoms with Crippen LogP contribution in [-0.2, 0) is 15.6 Å². The third-order valence-corrected chi connectivity index (χ3v) is 6.21. The molecule has 0 aromatic heterocycles. The average molecular weight is 277 g/mol. The number of carbonyl (C=O) groups is 1. The predicted molar refractivity (Wildman–Crippen MR) is 75.2 cm³/mol. The van der Waals surface area contributed by atoms with Crippen molar-refractivity contribution in [3.63, 3.8) is 0 Å². The van der Waals surface area contributed by atoms with Crippen LogP contribution in [0.25, 0.3) is 0 Å². The zero-order valence-corrected chi connectivity index (χ0v) is 11.9. The Morgan fingerprint density at radius 3 is 2.58 bits per heavy atom. The zero-order valence-electron chi connectivity index (χ0n) is 11.1. The van der Waals surface area contributed by atoms with Crippen molar-refractivity contribution in [2.24, 2.45) is 5.92 Å². The normalized spacial score (nSPS) is 32.2. The van der Waals surface area contributed by atoms with Crippen LogP contribution < -0.4 is 0 Å². The summed E-state index contributed by atoms with van der Waals surface area (Å²) in [6.07, 6.45) is 4.44. The van der Waals surface area contributed by atoms with Crippen molar-refractivity contribution in [1.82, 2.24) is 4.90 Å². The molecule has 1 unspecified atom stereocenters. The van der Waals surface area contributed by atoms with Gasteiger partial charge in [0.1, 0.15) is 5.25 Å². The van der Waals surface area contributed by atoms with Crippen molar-refractivity contribution in [2.45, 2.75) is 41.9 Å². The number of carbonyl (C=O) groups excluding carboxylic acids is 1. The third kappa shape index (κ3) is 2.12. The van der Waals surface area contributed by atoms with Crippen LogP contribution in [0.3, 0.4) is 0 Å². The largest absolute Gasteiger partial charge is 0.341 e. The van der Waals surface area contributed by atoms with Crippen LogP contribution in [0.2, 0.25) is 0 Å². The summed E-state index contributed by atoms with van der Waals surface area (Å²) in [7, 11) is 0.649. The topological polar surface area (TPSA) is 37.4 Å². The van der Waals surface area contributed by atoms with Crippen LogP contribution in [-0.4, -0.2) is 33.4 Å². The molecule has 1 amide bonds. The van der Waals surface area contributed by atoms with Crippen molar-refractivity contribution in [2.75, 3.05) is 7.05 Å². The average Bonchev–Trinajstić information content (AvgIpc) is 2.72. The molecule has 1 aliphatic heterocycles. The molecule has 0 bridgehead atoms. The van der Waals surface area contributed by atoms with Crippen LogP contribution >= 0.6 is 0 Å². The van der Waals surface area contributed by atoms with Crippen LogP contribution in [0.15, 0.2) is 35.2 Å². The van der Waals surface area contributed by atoms with Gasteiger partial charge in [0.2, 0.25) is 5.91 Å². The van der Waals surface area contributed by atoms with Crippen LogP contribution in [0, 0.1) is 5.92 Å². The molecule has 4 heteroatoms. The molecule has 0 radical (unpaired) electrons. The predicted octanol–water partition coefficient (Wildman–Crippen LogP) is 2.19. The third-order valence-electron chi connectivity index (χ3n) is 4.47. The number of benzene rings is 1. The van der Waals surface area contributed by atoms with Gasteiger partial charge in [-0.25, -0.2) is 0 Å². The Hall–Kier alpha value is -1.16. The molecular weight excluding hydrogens is 258 g/mol. The number of nitrogens with zero attached hydrogens (tertiary/aromatic N) is 1. The molecule has 0 N–H and O–H groups in total. The molecule has 1 saturated heterocycles. The molecule has 1 aromatic carbocycles. The fraction of sp³-hybridized carbons (Fsp3) is 0.533. The van der Waals surface area contributed by atoms with E-state index in [-0.39, 0.29) is 17.1 Å². The quantitative estimate of drug-likeness (QED) is 0.831. The minimum atomic E-state index is -1.22. The highest BCUT2D eigenvalue weighted by atomic mass is 32.2.